The summed E-state index contributed by atoms with van der Waals surface area (Å²) in [6.45, 7) is 6.45. The maximum Gasteiger partial charge on any atom is 0.0589 e. The summed E-state index contributed by atoms with van der Waals surface area (Å²) in [4.78, 5) is 2.45. The summed E-state index contributed by atoms with van der Waals surface area (Å²) < 4.78 is 5.59. The first-order valence-corrected chi connectivity index (χ1v) is 6.86. The average Bonchev–Trinajstić information content (AvgIpc) is 2.70. The van der Waals surface area contributed by atoms with E-state index in [1.54, 1.807) is 0 Å². The molecule has 0 saturated carbocycles. The Bertz CT molecular complexity index is 235. The molecule has 0 bridgehead atoms. The largest absolute Gasteiger partial charge is 0.395 e. The van der Waals surface area contributed by atoms with Gasteiger partial charge in [-0.25, -0.2) is 0 Å². The molecule has 2 saturated heterocycles. The van der Waals surface area contributed by atoms with E-state index in [0.717, 1.165) is 32.7 Å². The van der Waals surface area contributed by atoms with E-state index in [2.05, 4.69) is 17.1 Å². The fourth-order valence-corrected chi connectivity index (χ4v) is 3.27. The number of ether oxygens (including phenoxy) is 1. The van der Waals surface area contributed by atoms with E-state index in [1.807, 2.05) is 7.05 Å². The Hall–Kier alpha value is -0.160. The molecule has 2 N–H and O–H groups in total. The number of rotatable bonds is 4. The van der Waals surface area contributed by atoms with E-state index in [9.17, 15) is 5.11 Å². The van der Waals surface area contributed by atoms with Crippen molar-refractivity contribution in [3.05, 3.63) is 0 Å². The molecule has 2 aliphatic rings. The smallest absolute Gasteiger partial charge is 0.0589 e. The first kappa shape index (κ1) is 13.3. The van der Waals surface area contributed by atoms with Crippen molar-refractivity contribution in [2.24, 2.45) is 11.8 Å². The zero-order chi connectivity index (χ0) is 12.3. The number of nitrogens with zero attached hydrogens (tertiary/aromatic N) is 1. The van der Waals surface area contributed by atoms with Gasteiger partial charge < -0.3 is 15.2 Å². The van der Waals surface area contributed by atoms with Crippen LogP contribution in [0.15, 0.2) is 0 Å². The molecule has 4 nitrogen and oxygen atoms in total. The minimum Gasteiger partial charge on any atom is -0.395 e. The van der Waals surface area contributed by atoms with Crippen LogP contribution in [-0.2, 0) is 4.74 Å². The quantitative estimate of drug-likeness (QED) is 0.745. The van der Waals surface area contributed by atoms with E-state index in [-0.39, 0.29) is 0 Å². The fourth-order valence-electron chi connectivity index (χ4n) is 3.27. The molecule has 0 aromatic heterocycles. The van der Waals surface area contributed by atoms with Crippen LogP contribution in [0, 0.1) is 11.8 Å². The van der Waals surface area contributed by atoms with Gasteiger partial charge in [0, 0.05) is 31.2 Å². The first-order chi connectivity index (χ1) is 8.26. The second-order valence-electron chi connectivity index (χ2n) is 5.53. The molecule has 2 fully saturated rings. The van der Waals surface area contributed by atoms with Gasteiger partial charge in [-0.3, -0.25) is 4.90 Å². The molecule has 0 aromatic carbocycles. The van der Waals surface area contributed by atoms with E-state index >= 15 is 0 Å². The Morgan fingerprint density at radius 1 is 1.41 bits per heavy atom. The van der Waals surface area contributed by atoms with Crippen molar-refractivity contribution in [1.29, 1.82) is 0 Å². The predicted molar refractivity (Wildman–Crippen MR) is 68.0 cm³/mol. The zero-order valence-electron chi connectivity index (χ0n) is 11.1. The van der Waals surface area contributed by atoms with Gasteiger partial charge in [0.15, 0.2) is 0 Å². The minimum absolute atomic E-state index is 0.291. The maximum absolute atomic E-state index is 9.47. The van der Waals surface area contributed by atoms with Crippen LogP contribution in [-0.4, -0.2) is 62.0 Å². The second kappa shape index (κ2) is 6.14. The number of nitrogens with one attached hydrogen (secondary N) is 1. The van der Waals surface area contributed by atoms with Crippen LogP contribution in [0.25, 0.3) is 0 Å². The first-order valence-electron chi connectivity index (χ1n) is 6.86. The van der Waals surface area contributed by atoms with Gasteiger partial charge in [-0.05, 0) is 32.4 Å². The minimum atomic E-state index is 0.291. The highest BCUT2D eigenvalue weighted by Gasteiger charge is 2.34. The monoisotopic (exact) mass is 242 g/mol. The molecule has 4 unspecified atom stereocenters. The topological polar surface area (TPSA) is 44.7 Å². The molecule has 0 radical (unpaired) electrons. The maximum atomic E-state index is 9.47. The van der Waals surface area contributed by atoms with Crippen LogP contribution in [0.2, 0.25) is 0 Å². The van der Waals surface area contributed by atoms with Crippen molar-refractivity contribution in [2.45, 2.75) is 31.8 Å². The van der Waals surface area contributed by atoms with Crippen LogP contribution >= 0.6 is 0 Å². The van der Waals surface area contributed by atoms with Gasteiger partial charge in [0.25, 0.3) is 0 Å². The lowest BCUT2D eigenvalue weighted by Gasteiger charge is -2.36. The highest BCUT2D eigenvalue weighted by atomic mass is 16.5. The molecule has 0 spiro atoms. The van der Waals surface area contributed by atoms with Crippen molar-refractivity contribution in [3.8, 4) is 0 Å². The molecule has 0 aromatic rings. The third kappa shape index (κ3) is 2.99. The lowest BCUT2D eigenvalue weighted by Crippen LogP contribution is -2.48. The van der Waals surface area contributed by atoms with E-state index in [0.29, 0.717) is 30.5 Å². The summed E-state index contributed by atoms with van der Waals surface area (Å²) >= 11 is 0. The van der Waals surface area contributed by atoms with Crippen LogP contribution < -0.4 is 5.32 Å². The van der Waals surface area contributed by atoms with Crippen LogP contribution in [0.3, 0.4) is 0 Å². The Labute approximate surface area is 104 Å². The lowest BCUT2D eigenvalue weighted by molar-refractivity contribution is 0.0110. The molecule has 2 aliphatic heterocycles. The second-order valence-corrected chi connectivity index (χ2v) is 5.53. The third-order valence-electron chi connectivity index (χ3n) is 4.50. The van der Waals surface area contributed by atoms with Crippen molar-refractivity contribution in [3.63, 3.8) is 0 Å². The fraction of sp³-hybridized carbons (Fsp3) is 1.00. The van der Waals surface area contributed by atoms with Crippen molar-refractivity contribution in [2.75, 3.05) is 40.0 Å². The number of hydrogen-bond acceptors (Lipinski definition) is 4. The van der Waals surface area contributed by atoms with Gasteiger partial charge >= 0.3 is 0 Å². The Morgan fingerprint density at radius 3 is 2.94 bits per heavy atom. The Morgan fingerprint density at radius 2 is 2.24 bits per heavy atom. The molecule has 17 heavy (non-hydrogen) atoms. The Balaban J connectivity index is 1.90. The van der Waals surface area contributed by atoms with Crippen LogP contribution in [0.5, 0.6) is 0 Å². The molecule has 4 atom stereocenters. The molecule has 0 aliphatic carbocycles. The zero-order valence-corrected chi connectivity index (χ0v) is 11.1. The SMILES string of the molecule is CNC1CCOCC1CN1CCC(C)C1CO. The highest BCUT2D eigenvalue weighted by Crippen LogP contribution is 2.26. The summed E-state index contributed by atoms with van der Waals surface area (Å²) in [6.07, 6.45) is 2.32. The number of aliphatic hydroxyl groups is 1. The molecular formula is C13H26N2O2. The summed E-state index contributed by atoms with van der Waals surface area (Å²) in [5.74, 6) is 1.19. The van der Waals surface area contributed by atoms with Gasteiger partial charge in [0.05, 0.1) is 13.2 Å². The van der Waals surface area contributed by atoms with E-state index < -0.39 is 0 Å². The van der Waals surface area contributed by atoms with Gasteiger partial charge in [-0.2, -0.15) is 0 Å². The molecule has 100 valence electrons. The number of likely N-dealkylation sites (tertiary alicyclic amines) is 1. The number of aliphatic hydroxyl groups excluding tert-OH is 1. The van der Waals surface area contributed by atoms with Gasteiger partial charge in [0.1, 0.15) is 0 Å². The average molecular weight is 242 g/mol. The third-order valence-corrected chi connectivity index (χ3v) is 4.50. The highest BCUT2D eigenvalue weighted by molar-refractivity contribution is 4.88. The Kier molecular flexibility index (Phi) is 4.79. The van der Waals surface area contributed by atoms with E-state index in [1.165, 1.54) is 6.42 Å². The van der Waals surface area contributed by atoms with Crippen molar-refractivity contribution in [1.82, 2.24) is 10.2 Å². The van der Waals surface area contributed by atoms with Gasteiger partial charge in [-0.1, -0.05) is 6.92 Å². The summed E-state index contributed by atoms with van der Waals surface area (Å²) in [6, 6.07) is 0.924. The lowest BCUT2D eigenvalue weighted by atomic mass is 9.94. The normalized spacial score (nSPS) is 39.7. The molecular weight excluding hydrogens is 216 g/mol. The predicted octanol–water partition coefficient (Wildman–Crippen LogP) is 0.314. The van der Waals surface area contributed by atoms with Gasteiger partial charge in [0.2, 0.25) is 0 Å². The van der Waals surface area contributed by atoms with Crippen molar-refractivity contribution < 1.29 is 9.84 Å². The summed E-state index contributed by atoms with van der Waals surface area (Å²) in [5, 5.41) is 12.9. The number of hydrogen-bond donors (Lipinski definition) is 2. The molecule has 0 amide bonds. The summed E-state index contributed by atoms with van der Waals surface area (Å²) in [7, 11) is 2.04. The molecule has 2 heterocycles. The molecule has 2 rings (SSSR count). The van der Waals surface area contributed by atoms with Crippen molar-refractivity contribution >= 4 is 0 Å². The standard InChI is InChI=1S/C13H26N2O2/c1-10-3-5-15(13(10)8-16)7-11-9-17-6-4-12(11)14-2/h10-14,16H,3-9H2,1-2H3. The summed E-state index contributed by atoms with van der Waals surface area (Å²) in [5.41, 5.74) is 0. The van der Waals surface area contributed by atoms with Gasteiger partial charge in [-0.15, -0.1) is 0 Å². The molecule has 4 heteroatoms. The van der Waals surface area contributed by atoms with Crippen LogP contribution in [0.4, 0.5) is 0 Å². The van der Waals surface area contributed by atoms with E-state index in [4.69, 9.17) is 4.74 Å². The van der Waals surface area contributed by atoms with Crippen LogP contribution in [0.1, 0.15) is 19.8 Å².